The summed E-state index contributed by atoms with van der Waals surface area (Å²) >= 11 is 0. The van der Waals surface area contributed by atoms with Gasteiger partial charge in [0.25, 0.3) is 0 Å². The van der Waals surface area contributed by atoms with E-state index < -0.39 is 6.10 Å². The van der Waals surface area contributed by atoms with Crippen LogP contribution in [0.5, 0.6) is 11.5 Å². The maximum Gasteiger partial charge on any atom is 0.161 e. The van der Waals surface area contributed by atoms with Gasteiger partial charge >= 0.3 is 0 Å². The Morgan fingerprint density at radius 1 is 1.29 bits per heavy atom. The molecule has 94 valence electrons. The lowest BCUT2D eigenvalue weighted by atomic mass is 9.92. The molecule has 0 aliphatic carbocycles. The molecule has 2 rings (SSSR count). The Balaban J connectivity index is 2.25. The highest BCUT2D eigenvalue weighted by Crippen LogP contribution is 2.34. The second-order valence-electron chi connectivity index (χ2n) is 4.22. The van der Waals surface area contributed by atoms with Crippen LogP contribution in [0.1, 0.15) is 24.8 Å². The lowest BCUT2D eigenvalue weighted by molar-refractivity contribution is 0.140. The average molecular weight is 237 g/mol. The second kappa shape index (κ2) is 5.38. The molecule has 3 N–H and O–H groups in total. The zero-order valence-electron chi connectivity index (χ0n) is 10.1. The summed E-state index contributed by atoms with van der Waals surface area (Å²) in [4.78, 5) is 0. The van der Waals surface area contributed by atoms with E-state index in [1.54, 1.807) is 0 Å². The first-order valence-corrected chi connectivity index (χ1v) is 6.04. The SMILES string of the molecule is CCC(O)C(CN)c1ccc2c(c1)OCCO2. The molecule has 0 spiro atoms. The molecule has 4 nitrogen and oxygen atoms in total. The molecule has 0 saturated carbocycles. The number of aliphatic hydroxyl groups is 1. The van der Waals surface area contributed by atoms with Crippen molar-refractivity contribution < 1.29 is 14.6 Å². The molecule has 1 aromatic rings. The van der Waals surface area contributed by atoms with Crippen molar-refractivity contribution in [2.24, 2.45) is 5.73 Å². The molecule has 1 aliphatic heterocycles. The fourth-order valence-electron chi connectivity index (χ4n) is 2.09. The summed E-state index contributed by atoms with van der Waals surface area (Å²) in [6, 6.07) is 5.75. The summed E-state index contributed by atoms with van der Waals surface area (Å²) in [5.74, 6) is 1.47. The molecule has 1 aromatic carbocycles. The molecule has 0 amide bonds. The van der Waals surface area contributed by atoms with Crippen molar-refractivity contribution in [1.82, 2.24) is 0 Å². The Morgan fingerprint density at radius 2 is 2.00 bits per heavy atom. The second-order valence-corrected chi connectivity index (χ2v) is 4.22. The van der Waals surface area contributed by atoms with E-state index in [9.17, 15) is 5.11 Å². The topological polar surface area (TPSA) is 64.7 Å². The van der Waals surface area contributed by atoms with Gasteiger partial charge in [0.1, 0.15) is 13.2 Å². The fraction of sp³-hybridized carbons (Fsp3) is 0.538. The quantitative estimate of drug-likeness (QED) is 0.827. The van der Waals surface area contributed by atoms with E-state index in [0.717, 1.165) is 17.1 Å². The molecule has 17 heavy (non-hydrogen) atoms. The van der Waals surface area contributed by atoms with E-state index in [1.807, 2.05) is 25.1 Å². The van der Waals surface area contributed by atoms with Crippen LogP contribution in [0.25, 0.3) is 0 Å². The Labute approximate surface area is 101 Å². The van der Waals surface area contributed by atoms with Crippen molar-refractivity contribution in [1.29, 1.82) is 0 Å². The van der Waals surface area contributed by atoms with Crippen LogP contribution in [0.2, 0.25) is 0 Å². The van der Waals surface area contributed by atoms with Crippen molar-refractivity contribution in [3.05, 3.63) is 23.8 Å². The van der Waals surface area contributed by atoms with Crippen molar-refractivity contribution in [2.75, 3.05) is 19.8 Å². The van der Waals surface area contributed by atoms with Gasteiger partial charge in [0.15, 0.2) is 11.5 Å². The first kappa shape index (κ1) is 12.2. The zero-order chi connectivity index (χ0) is 12.3. The minimum atomic E-state index is -0.414. The van der Waals surface area contributed by atoms with Gasteiger partial charge in [-0.3, -0.25) is 0 Å². The van der Waals surface area contributed by atoms with E-state index in [1.165, 1.54) is 0 Å². The number of hydrogen-bond donors (Lipinski definition) is 2. The van der Waals surface area contributed by atoms with Gasteiger partial charge in [0.05, 0.1) is 6.10 Å². The van der Waals surface area contributed by atoms with Crippen LogP contribution in [0.4, 0.5) is 0 Å². The molecular formula is C13H19NO3. The highest BCUT2D eigenvalue weighted by Gasteiger charge is 2.21. The third-order valence-electron chi connectivity index (χ3n) is 3.13. The maximum atomic E-state index is 9.92. The van der Waals surface area contributed by atoms with Crippen LogP contribution in [-0.4, -0.2) is 31.0 Å². The molecule has 1 aliphatic rings. The smallest absolute Gasteiger partial charge is 0.161 e. The van der Waals surface area contributed by atoms with Gasteiger partial charge in [0.2, 0.25) is 0 Å². The lowest BCUT2D eigenvalue weighted by Crippen LogP contribution is -2.25. The average Bonchev–Trinajstić information content (AvgIpc) is 2.39. The predicted molar refractivity (Wildman–Crippen MR) is 65.5 cm³/mol. The Morgan fingerprint density at radius 3 is 2.65 bits per heavy atom. The molecule has 1 heterocycles. The van der Waals surface area contributed by atoms with Crippen LogP contribution in [0.3, 0.4) is 0 Å². The number of ether oxygens (including phenoxy) is 2. The summed E-state index contributed by atoms with van der Waals surface area (Å²) < 4.78 is 11.0. The molecule has 0 aromatic heterocycles. The zero-order valence-corrected chi connectivity index (χ0v) is 10.1. The molecule has 0 saturated heterocycles. The number of aliphatic hydroxyl groups excluding tert-OH is 1. The third-order valence-corrected chi connectivity index (χ3v) is 3.13. The van der Waals surface area contributed by atoms with Crippen molar-refractivity contribution in [3.8, 4) is 11.5 Å². The van der Waals surface area contributed by atoms with Gasteiger partial charge in [-0.15, -0.1) is 0 Å². The van der Waals surface area contributed by atoms with E-state index >= 15 is 0 Å². The third kappa shape index (κ3) is 2.53. The molecule has 0 fully saturated rings. The largest absolute Gasteiger partial charge is 0.486 e. The van der Waals surface area contributed by atoms with Crippen LogP contribution in [0, 0.1) is 0 Å². The van der Waals surface area contributed by atoms with Gasteiger partial charge in [-0.05, 0) is 24.1 Å². The van der Waals surface area contributed by atoms with E-state index in [2.05, 4.69) is 0 Å². The predicted octanol–water partition coefficient (Wildman–Crippen LogP) is 1.27. The number of nitrogens with two attached hydrogens (primary N) is 1. The van der Waals surface area contributed by atoms with Gasteiger partial charge in [-0.25, -0.2) is 0 Å². The Hall–Kier alpha value is -1.26. The fourth-order valence-corrected chi connectivity index (χ4v) is 2.09. The number of rotatable bonds is 4. The monoisotopic (exact) mass is 237 g/mol. The maximum absolute atomic E-state index is 9.92. The molecular weight excluding hydrogens is 218 g/mol. The highest BCUT2D eigenvalue weighted by molar-refractivity contribution is 5.45. The molecule has 0 radical (unpaired) electrons. The summed E-state index contributed by atoms with van der Waals surface area (Å²) in [7, 11) is 0. The van der Waals surface area contributed by atoms with Gasteiger partial charge in [0, 0.05) is 12.5 Å². The summed E-state index contributed by atoms with van der Waals surface area (Å²) in [5, 5.41) is 9.92. The van der Waals surface area contributed by atoms with Crippen LogP contribution >= 0.6 is 0 Å². The summed E-state index contributed by atoms with van der Waals surface area (Å²) in [6.07, 6.45) is 0.276. The van der Waals surface area contributed by atoms with Crippen LogP contribution in [-0.2, 0) is 0 Å². The van der Waals surface area contributed by atoms with Crippen LogP contribution < -0.4 is 15.2 Å². The summed E-state index contributed by atoms with van der Waals surface area (Å²) in [5.41, 5.74) is 6.73. The minimum Gasteiger partial charge on any atom is -0.486 e. The summed E-state index contributed by atoms with van der Waals surface area (Å²) in [6.45, 7) is 3.53. The molecule has 2 atom stereocenters. The van der Waals surface area contributed by atoms with Crippen molar-refractivity contribution >= 4 is 0 Å². The Kier molecular flexibility index (Phi) is 3.86. The van der Waals surface area contributed by atoms with Crippen LogP contribution in [0.15, 0.2) is 18.2 Å². The molecule has 0 bridgehead atoms. The Bertz CT molecular complexity index is 381. The van der Waals surface area contributed by atoms with E-state index in [4.69, 9.17) is 15.2 Å². The standard InChI is InChI=1S/C13H19NO3/c1-2-11(15)10(8-14)9-3-4-12-13(7-9)17-6-5-16-12/h3-4,7,10-11,15H,2,5-6,8,14H2,1H3. The van der Waals surface area contributed by atoms with E-state index in [0.29, 0.717) is 26.2 Å². The highest BCUT2D eigenvalue weighted by atomic mass is 16.6. The van der Waals surface area contributed by atoms with Crippen molar-refractivity contribution in [3.63, 3.8) is 0 Å². The van der Waals surface area contributed by atoms with E-state index in [-0.39, 0.29) is 5.92 Å². The molecule has 2 unspecified atom stereocenters. The minimum absolute atomic E-state index is 0.0455. The normalized spacial score (nSPS) is 17.6. The number of benzene rings is 1. The van der Waals surface area contributed by atoms with Gasteiger partial charge < -0.3 is 20.3 Å². The lowest BCUT2D eigenvalue weighted by Gasteiger charge is -2.24. The first-order chi connectivity index (χ1) is 8.26. The van der Waals surface area contributed by atoms with Gasteiger partial charge in [-0.1, -0.05) is 13.0 Å². The number of fused-ring (bicyclic) bond motifs is 1. The van der Waals surface area contributed by atoms with Crippen molar-refractivity contribution in [2.45, 2.75) is 25.4 Å². The number of hydrogen-bond acceptors (Lipinski definition) is 4. The first-order valence-electron chi connectivity index (χ1n) is 6.04. The molecule has 4 heteroatoms. The van der Waals surface area contributed by atoms with Gasteiger partial charge in [-0.2, -0.15) is 0 Å².